The quantitative estimate of drug-likeness (QED) is 0.634. The van der Waals surface area contributed by atoms with Crippen LogP contribution in [-0.2, 0) is 26.1 Å². The number of hydrogen-bond acceptors (Lipinski definition) is 5. The molecule has 10 heteroatoms. The third-order valence-electron chi connectivity index (χ3n) is 3.84. The van der Waals surface area contributed by atoms with Crippen LogP contribution in [0.25, 0.3) is 0 Å². The number of benzene rings is 2. The van der Waals surface area contributed by atoms with Crippen molar-refractivity contribution in [2.75, 3.05) is 24.7 Å². The van der Waals surface area contributed by atoms with Crippen LogP contribution in [0.3, 0.4) is 0 Å². The Hall–Kier alpha value is -2.49. The van der Waals surface area contributed by atoms with Crippen LogP contribution >= 0.6 is 11.6 Å². The minimum absolute atomic E-state index is 0.0765. The molecular formula is C19H20ClFN2O5S. The van der Waals surface area contributed by atoms with Crippen molar-refractivity contribution in [2.24, 2.45) is 0 Å². The predicted octanol–water partition coefficient (Wildman–Crippen LogP) is 3.06. The van der Waals surface area contributed by atoms with E-state index in [1.54, 1.807) is 13.0 Å². The van der Waals surface area contributed by atoms with Gasteiger partial charge in [-0.1, -0.05) is 29.8 Å². The Balaban J connectivity index is 2.11. The summed E-state index contributed by atoms with van der Waals surface area (Å²) < 4.78 is 43.6. The lowest BCUT2D eigenvalue weighted by atomic mass is 10.2. The normalized spacial score (nSPS) is 11.3. The highest BCUT2D eigenvalue weighted by Gasteiger charge is 2.22. The molecule has 1 amide bonds. The van der Waals surface area contributed by atoms with Crippen LogP contribution in [0.5, 0.6) is 0 Å². The van der Waals surface area contributed by atoms with Gasteiger partial charge in [0.15, 0.2) is 0 Å². The van der Waals surface area contributed by atoms with Crippen molar-refractivity contribution in [3.05, 3.63) is 64.4 Å². The van der Waals surface area contributed by atoms with Crippen molar-refractivity contribution in [3.8, 4) is 0 Å². The van der Waals surface area contributed by atoms with Crippen LogP contribution in [0.4, 0.5) is 10.1 Å². The summed E-state index contributed by atoms with van der Waals surface area (Å²) in [6.45, 7) is 1.04. The Morgan fingerprint density at radius 1 is 1.21 bits per heavy atom. The molecule has 0 saturated carbocycles. The van der Waals surface area contributed by atoms with E-state index in [-0.39, 0.29) is 35.0 Å². The summed E-state index contributed by atoms with van der Waals surface area (Å²) in [5.74, 6) is -1.81. The summed E-state index contributed by atoms with van der Waals surface area (Å²) in [6.07, 6.45) is 0.937. The second-order valence-corrected chi connectivity index (χ2v) is 8.48. The maximum absolute atomic E-state index is 13.9. The highest BCUT2D eigenvalue weighted by Crippen LogP contribution is 2.22. The molecule has 0 aliphatic heterocycles. The molecule has 1 N–H and O–H groups in total. The predicted molar refractivity (Wildman–Crippen MR) is 108 cm³/mol. The summed E-state index contributed by atoms with van der Waals surface area (Å²) in [5.41, 5.74) is 0.559. The van der Waals surface area contributed by atoms with Crippen molar-refractivity contribution in [2.45, 2.75) is 13.5 Å². The van der Waals surface area contributed by atoms with Crippen molar-refractivity contribution in [1.82, 2.24) is 4.31 Å². The van der Waals surface area contributed by atoms with Gasteiger partial charge in [-0.2, -0.15) is 4.31 Å². The number of hydrogen-bond donors (Lipinski definition) is 1. The molecule has 0 radical (unpaired) electrons. The summed E-state index contributed by atoms with van der Waals surface area (Å²) in [6, 6.07) is 9.91. The van der Waals surface area contributed by atoms with Crippen molar-refractivity contribution in [1.29, 1.82) is 0 Å². The van der Waals surface area contributed by atoms with Gasteiger partial charge in [0.25, 0.3) is 0 Å². The molecule has 2 aromatic rings. The Kier molecular flexibility index (Phi) is 7.72. The highest BCUT2D eigenvalue weighted by atomic mass is 35.5. The lowest BCUT2D eigenvalue weighted by Crippen LogP contribution is -2.37. The van der Waals surface area contributed by atoms with Gasteiger partial charge in [-0.3, -0.25) is 4.79 Å². The largest absolute Gasteiger partial charge is 0.462 e. The van der Waals surface area contributed by atoms with Crippen LogP contribution in [-0.4, -0.2) is 44.0 Å². The maximum atomic E-state index is 13.9. The molecule has 0 atom stereocenters. The Morgan fingerprint density at radius 3 is 2.48 bits per heavy atom. The van der Waals surface area contributed by atoms with E-state index in [1.165, 1.54) is 36.4 Å². The number of esters is 1. The monoisotopic (exact) mass is 442 g/mol. The maximum Gasteiger partial charge on any atom is 0.339 e. The van der Waals surface area contributed by atoms with Crippen LogP contribution in [0.2, 0.25) is 5.02 Å². The molecule has 156 valence electrons. The number of sulfonamides is 1. The Labute approximate surface area is 173 Å². The molecule has 0 bridgehead atoms. The van der Waals surface area contributed by atoms with Crippen molar-refractivity contribution < 1.29 is 27.1 Å². The molecule has 0 saturated heterocycles. The Bertz CT molecular complexity index is 1010. The molecule has 0 heterocycles. The van der Waals surface area contributed by atoms with Gasteiger partial charge in [0.05, 0.1) is 30.0 Å². The summed E-state index contributed by atoms with van der Waals surface area (Å²) in [7, 11) is -3.78. The van der Waals surface area contributed by atoms with Gasteiger partial charge in [0.2, 0.25) is 15.9 Å². The lowest BCUT2D eigenvalue weighted by molar-refractivity contribution is -0.116. The molecule has 0 aliphatic rings. The first kappa shape index (κ1) is 22.8. The highest BCUT2D eigenvalue weighted by molar-refractivity contribution is 7.88. The lowest BCUT2D eigenvalue weighted by Gasteiger charge is -2.20. The number of halogens is 2. The number of amides is 1. The fourth-order valence-electron chi connectivity index (χ4n) is 2.43. The van der Waals surface area contributed by atoms with Gasteiger partial charge in [0, 0.05) is 17.8 Å². The number of carbonyl (C=O) groups excluding carboxylic acids is 2. The van der Waals surface area contributed by atoms with Crippen LogP contribution in [0.15, 0.2) is 42.5 Å². The summed E-state index contributed by atoms with van der Waals surface area (Å²) >= 11 is 6.05. The van der Waals surface area contributed by atoms with Gasteiger partial charge in [-0.05, 0) is 31.2 Å². The van der Waals surface area contributed by atoms with Gasteiger partial charge in [-0.15, -0.1) is 0 Å². The molecule has 0 aromatic heterocycles. The zero-order chi connectivity index (χ0) is 21.6. The van der Waals surface area contributed by atoms with E-state index in [1.807, 2.05) is 0 Å². The first-order valence-corrected chi connectivity index (χ1v) is 10.8. The number of rotatable bonds is 8. The second kappa shape index (κ2) is 9.82. The smallest absolute Gasteiger partial charge is 0.339 e. The SMILES string of the molecule is CCOC(=O)c1ccc(NC(=O)CN(Cc2ccccc2F)S(C)(=O)=O)cc1Cl. The molecule has 0 spiro atoms. The van der Waals surface area contributed by atoms with Gasteiger partial charge >= 0.3 is 5.97 Å². The standard InChI is InChI=1S/C19H20ClFN2O5S/c1-3-28-19(25)15-9-8-14(10-16(15)20)22-18(24)12-23(29(2,26)27)11-13-6-4-5-7-17(13)21/h4-10H,3,11-12H2,1-2H3,(H,22,24). The number of ether oxygens (including phenoxy) is 1. The van der Waals surface area contributed by atoms with Crippen LogP contribution in [0.1, 0.15) is 22.8 Å². The molecule has 0 unspecified atom stereocenters. The first-order valence-electron chi connectivity index (χ1n) is 8.57. The van der Waals surface area contributed by atoms with Crippen molar-refractivity contribution in [3.63, 3.8) is 0 Å². The molecule has 7 nitrogen and oxygen atoms in total. The average molecular weight is 443 g/mol. The molecule has 0 fully saturated rings. The van der Waals surface area contributed by atoms with E-state index >= 15 is 0 Å². The zero-order valence-electron chi connectivity index (χ0n) is 15.8. The third-order valence-corrected chi connectivity index (χ3v) is 5.35. The third kappa shape index (κ3) is 6.52. The molecular weight excluding hydrogens is 423 g/mol. The van der Waals surface area contributed by atoms with E-state index in [0.29, 0.717) is 0 Å². The molecule has 29 heavy (non-hydrogen) atoms. The van der Waals surface area contributed by atoms with Crippen LogP contribution in [0, 0.1) is 5.82 Å². The fraction of sp³-hybridized carbons (Fsp3) is 0.263. The minimum Gasteiger partial charge on any atom is -0.462 e. The fourth-order valence-corrected chi connectivity index (χ4v) is 3.42. The molecule has 0 aliphatic carbocycles. The van der Waals surface area contributed by atoms with E-state index in [9.17, 15) is 22.4 Å². The number of nitrogens with zero attached hydrogens (tertiary/aromatic N) is 1. The van der Waals surface area contributed by atoms with E-state index < -0.39 is 34.3 Å². The summed E-state index contributed by atoms with van der Waals surface area (Å²) in [5, 5.41) is 2.58. The Morgan fingerprint density at radius 2 is 1.90 bits per heavy atom. The molecule has 2 aromatic carbocycles. The summed E-state index contributed by atoms with van der Waals surface area (Å²) in [4.78, 5) is 24.1. The molecule has 2 rings (SSSR count). The van der Waals surface area contributed by atoms with Gasteiger partial charge < -0.3 is 10.1 Å². The van der Waals surface area contributed by atoms with E-state index in [0.717, 1.165) is 10.6 Å². The number of carbonyl (C=O) groups is 2. The zero-order valence-corrected chi connectivity index (χ0v) is 17.4. The minimum atomic E-state index is -3.78. The topological polar surface area (TPSA) is 92.8 Å². The average Bonchev–Trinajstić information content (AvgIpc) is 2.62. The first-order chi connectivity index (χ1) is 13.6. The van der Waals surface area contributed by atoms with Gasteiger partial charge in [0.1, 0.15) is 5.82 Å². The van der Waals surface area contributed by atoms with Crippen LogP contribution < -0.4 is 5.32 Å². The number of anilines is 1. The second-order valence-electron chi connectivity index (χ2n) is 6.09. The van der Waals surface area contributed by atoms with E-state index in [4.69, 9.17) is 16.3 Å². The van der Waals surface area contributed by atoms with Gasteiger partial charge in [-0.25, -0.2) is 17.6 Å². The van der Waals surface area contributed by atoms with Crippen molar-refractivity contribution >= 4 is 39.2 Å². The van der Waals surface area contributed by atoms with E-state index in [2.05, 4.69) is 5.32 Å². The number of nitrogens with one attached hydrogen (secondary N) is 1.